The highest BCUT2D eigenvalue weighted by atomic mass is 31.2. The van der Waals surface area contributed by atoms with Gasteiger partial charge in [0.05, 0.1) is 16.6 Å². The SMILES string of the molecule is O=P(c1ccccc1)(c1ccccc1)c1ccc(-n2c3ccccc3c3cc(P(=O)(c4ccccc4)c4ccc5c[nH]cc5n4)ccc32)cc1. The number of H-pyrrole nitrogens is 1. The standard InChI is InChI=1S/C43H31N3O2P2/c47-49(33-12-4-1-5-13-33,34-14-6-2-7-15-34)36-23-21-32(22-24-36)46-41-19-11-10-18-38(41)39-28-37(25-26-42(39)46)50(48,35-16-8-3-9-17-35)43-27-20-31-29-44-30-40(31)45-43/h1-30,44H. The van der Waals surface area contributed by atoms with Crippen LogP contribution in [0.3, 0.4) is 0 Å². The Morgan fingerprint density at radius 3 is 1.66 bits per heavy atom. The molecule has 9 aromatic rings. The number of pyridine rings is 1. The Kier molecular flexibility index (Phi) is 7.28. The van der Waals surface area contributed by atoms with Gasteiger partial charge >= 0.3 is 0 Å². The molecule has 0 aliphatic carbocycles. The summed E-state index contributed by atoms with van der Waals surface area (Å²) in [6.45, 7) is 0. The van der Waals surface area contributed by atoms with Crippen molar-refractivity contribution in [3.63, 3.8) is 0 Å². The minimum absolute atomic E-state index is 0.552. The first-order valence-electron chi connectivity index (χ1n) is 16.5. The number of para-hydroxylation sites is 1. The average molecular weight is 684 g/mol. The molecule has 0 amide bonds. The fraction of sp³-hybridized carbons (Fsp3) is 0. The van der Waals surface area contributed by atoms with Gasteiger partial charge in [0.1, 0.15) is 5.44 Å². The van der Waals surface area contributed by atoms with E-state index in [1.54, 1.807) is 0 Å². The zero-order valence-electron chi connectivity index (χ0n) is 26.9. The molecule has 0 fully saturated rings. The Bertz CT molecular complexity index is 2710. The number of nitrogens with one attached hydrogen (secondary N) is 1. The van der Waals surface area contributed by atoms with E-state index >= 15 is 9.13 Å². The van der Waals surface area contributed by atoms with E-state index in [0.717, 1.165) is 64.9 Å². The van der Waals surface area contributed by atoms with Crippen molar-refractivity contribution in [2.24, 2.45) is 0 Å². The van der Waals surface area contributed by atoms with E-state index in [2.05, 4.69) is 45.9 Å². The van der Waals surface area contributed by atoms with E-state index in [-0.39, 0.29) is 0 Å². The topological polar surface area (TPSA) is 67.8 Å². The van der Waals surface area contributed by atoms with Gasteiger partial charge in [0.15, 0.2) is 14.3 Å². The van der Waals surface area contributed by atoms with Gasteiger partial charge < -0.3 is 18.7 Å². The van der Waals surface area contributed by atoms with Gasteiger partial charge in [-0.05, 0) is 60.7 Å². The Hall–Kier alpha value is -5.73. The Labute approximate surface area is 289 Å². The molecule has 0 spiro atoms. The van der Waals surface area contributed by atoms with Gasteiger partial charge in [-0.3, -0.25) is 0 Å². The molecule has 1 unspecified atom stereocenters. The summed E-state index contributed by atoms with van der Waals surface area (Å²) in [5.41, 5.74) is 4.31. The monoisotopic (exact) mass is 683 g/mol. The van der Waals surface area contributed by atoms with Crippen molar-refractivity contribution in [3.8, 4) is 5.69 Å². The smallest absolute Gasteiger partial charge is 0.188 e. The lowest BCUT2D eigenvalue weighted by Crippen LogP contribution is -2.27. The maximum Gasteiger partial charge on any atom is 0.188 e. The highest BCUT2D eigenvalue weighted by Crippen LogP contribution is 2.45. The van der Waals surface area contributed by atoms with Crippen LogP contribution >= 0.6 is 14.3 Å². The summed E-state index contributed by atoms with van der Waals surface area (Å²) in [5, 5.41) is 6.87. The molecule has 7 heteroatoms. The summed E-state index contributed by atoms with van der Waals surface area (Å²) in [4.78, 5) is 8.02. The van der Waals surface area contributed by atoms with E-state index < -0.39 is 14.3 Å². The zero-order chi connectivity index (χ0) is 33.7. The van der Waals surface area contributed by atoms with Crippen molar-refractivity contribution in [2.45, 2.75) is 0 Å². The largest absolute Gasteiger partial charge is 0.365 e. The number of hydrogen-bond donors (Lipinski definition) is 1. The lowest BCUT2D eigenvalue weighted by atomic mass is 10.1. The van der Waals surface area contributed by atoms with Crippen LogP contribution < -0.4 is 32.0 Å². The van der Waals surface area contributed by atoms with Crippen LogP contribution in [-0.4, -0.2) is 14.5 Å². The van der Waals surface area contributed by atoms with Crippen LogP contribution in [-0.2, 0) is 9.13 Å². The lowest BCUT2D eigenvalue weighted by Gasteiger charge is -2.20. The highest BCUT2D eigenvalue weighted by molar-refractivity contribution is 7.85. The van der Waals surface area contributed by atoms with E-state index in [4.69, 9.17) is 4.98 Å². The minimum Gasteiger partial charge on any atom is -0.365 e. The molecular weight excluding hydrogens is 652 g/mol. The maximum atomic E-state index is 15.5. The third-order valence-electron chi connectivity index (χ3n) is 9.57. The quantitative estimate of drug-likeness (QED) is 0.174. The molecule has 0 aliphatic rings. The molecule has 0 aliphatic heterocycles. The van der Waals surface area contributed by atoms with Gasteiger partial charge in [-0.15, -0.1) is 0 Å². The third kappa shape index (κ3) is 4.74. The lowest BCUT2D eigenvalue weighted by molar-refractivity contribution is 0.591. The minimum atomic E-state index is -3.35. The van der Waals surface area contributed by atoms with Crippen LogP contribution in [0.2, 0.25) is 0 Å². The zero-order valence-corrected chi connectivity index (χ0v) is 28.7. The highest BCUT2D eigenvalue weighted by Gasteiger charge is 2.33. The second-order valence-electron chi connectivity index (χ2n) is 12.4. The maximum absolute atomic E-state index is 15.5. The second kappa shape index (κ2) is 12.0. The van der Waals surface area contributed by atoms with E-state index in [1.165, 1.54) is 0 Å². The van der Waals surface area contributed by atoms with Crippen molar-refractivity contribution in [1.29, 1.82) is 0 Å². The van der Waals surface area contributed by atoms with Crippen LogP contribution in [0.1, 0.15) is 0 Å². The fourth-order valence-electron chi connectivity index (χ4n) is 7.12. The number of fused-ring (bicyclic) bond motifs is 4. The number of benzene rings is 6. The van der Waals surface area contributed by atoms with Crippen molar-refractivity contribution >= 4 is 79.0 Å². The number of aromatic amines is 1. The summed E-state index contributed by atoms with van der Waals surface area (Å²) in [6, 6.07) is 55.6. The molecule has 6 aromatic carbocycles. The van der Waals surface area contributed by atoms with Gasteiger partial charge in [-0.25, -0.2) is 4.98 Å². The summed E-state index contributed by atoms with van der Waals surface area (Å²) in [5.74, 6) is 0. The van der Waals surface area contributed by atoms with Crippen molar-refractivity contribution in [1.82, 2.24) is 14.5 Å². The summed E-state index contributed by atoms with van der Waals surface area (Å²) < 4.78 is 32.8. The number of hydrogen-bond acceptors (Lipinski definition) is 3. The van der Waals surface area contributed by atoms with E-state index in [1.807, 2.05) is 146 Å². The molecular formula is C43H31N3O2P2. The van der Waals surface area contributed by atoms with Crippen LogP contribution in [0.5, 0.6) is 0 Å². The van der Waals surface area contributed by atoms with Crippen LogP contribution in [0.4, 0.5) is 0 Å². The van der Waals surface area contributed by atoms with Gasteiger partial charge in [-0.1, -0.05) is 109 Å². The van der Waals surface area contributed by atoms with E-state index in [9.17, 15) is 0 Å². The third-order valence-corrected chi connectivity index (χ3v) is 15.6. The Balaban J connectivity index is 1.21. The normalized spacial score (nSPS) is 13.1. The molecule has 240 valence electrons. The van der Waals surface area contributed by atoms with Crippen LogP contribution in [0.25, 0.3) is 38.4 Å². The molecule has 5 nitrogen and oxygen atoms in total. The molecule has 0 saturated carbocycles. The Morgan fingerprint density at radius 1 is 0.460 bits per heavy atom. The summed E-state index contributed by atoms with van der Waals surface area (Å²) in [6.07, 6.45) is 3.74. The molecule has 0 saturated heterocycles. The van der Waals surface area contributed by atoms with Gasteiger partial charge in [-0.2, -0.15) is 0 Å². The van der Waals surface area contributed by atoms with Gasteiger partial charge in [0, 0.05) is 60.8 Å². The average Bonchev–Trinajstić information content (AvgIpc) is 3.80. The molecule has 0 radical (unpaired) electrons. The van der Waals surface area contributed by atoms with Crippen LogP contribution in [0, 0.1) is 0 Å². The van der Waals surface area contributed by atoms with Crippen molar-refractivity contribution in [2.75, 3.05) is 0 Å². The van der Waals surface area contributed by atoms with E-state index in [0.29, 0.717) is 5.44 Å². The van der Waals surface area contributed by atoms with Gasteiger partial charge in [0.25, 0.3) is 0 Å². The summed E-state index contributed by atoms with van der Waals surface area (Å²) in [7, 11) is -6.46. The predicted octanol–water partition coefficient (Wildman–Crippen LogP) is 7.94. The second-order valence-corrected chi connectivity index (χ2v) is 17.9. The van der Waals surface area contributed by atoms with Crippen molar-refractivity contribution < 1.29 is 9.13 Å². The first-order valence-corrected chi connectivity index (χ1v) is 19.9. The first kappa shape index (κ1) is 30.3. The van der Waals surface area contributed by atoms with Crippen molar-refractivity contribution in [3.05, 3.63) is 182 Å². The Morgan fingerprint density at radius 2 is 1.00 bits per heavy atom. The first-order chi connectivity index (χ1) is 24.5. The fourth-order valence-corrected chi connectivity index (χ4v) is 12.3. The molecule has 0 bridgehead atoms. The number of nitrogens with zero attached hydrogens (tertiary/aromatic N) is 2. The summed E-state index contributed by atoms with van der Waals surface area (Å²) >= 11 is 0. The number of aromatic nitrogens is 3. The predicted molar refractivity (Wildman–Crippen MR) is 209 cm³/mol. The molecule has 50 heavy (non-hydrogen) atoms. The van der Waals surface area contributed by atoms with Crippen LogP contribution in [0.15, 0.2) is 182 Å². The molecule has 1 atom stereocenters. The number of rotatable bonds is 7. The molecule has 9 rings (SSSR count). The van der Waals surface area contributed by atoms with Gasteiger partial charge in [0.2, 0.25) is 0 Å². The molecule has 3 heterocycles. The molecule has 3 aromatic heterocycles. The molecule has 1 N–H and O–H groups in total.